The van der Waals surface area contributed by atoms with Gasteiger partial charge in [-0.25, -0.2) is 4.79 Å². The van der Waals surface area contributed by atoms with E-state index in [1.165, 1.54) is 11.1 Å². The minimum atomic E-state index is -0.600. The summed E-state index contributed by atoms with van der Waals surface area (Å²) in [6.07, 6.45) is 2.34. The van der Waals surface area contributed by atoms with E-state index in [0.29, 0.717) is 36.2 Å². The lowest BCUT2D eigenvalue weighted by molar-refractivity contribution is -0.959. The van der Waals surface area contributed by atoms with Gasteiger partial charge in [0.2, 0.25) is 6.73 Å². The van der Waals surface area contributed by atoms with Crippen molar-refractivity contribution in [2.24, 2.45) is 5.92 Å². The van der Waals surface area contributed by atoms with Crippen LogP contribution in [0.25, 0.3) is 0 Å². The van der Waals surface area contributed by atoms with Crippen molar-refractivity contribution in [1.29, 1.82) is 0 Å². The number of carbonyl (C=O) groups is 2. The Balaban J connectivity index is 1.56. The van der Waals surface area contributed by atoms with Crippen LogP contribution in [0.1, 0.15) is 42.9 Å². The van der Waals surface area contributed by atoms with Crippen LogP contribution >= 0.6 is 0 Å². The van der Waals surface area contributed by atoms with Gasteiger partial charge in [-0.1, -0.05) is 12.1 Å². The summed E-state index contributed by atoms with van der Waals surface area (Å²) in [5, 5.41) is 0. The predicted octanol–water partition coefficient (Wildman–Crippen LogP) is 2.88. The van der Waals surface area contributed by atoms with Crippen LogP contribution in [-0.2, 0) is 26.1 Å². The molecule has 1 aromatic rings. The van der Waals surface area contributed by atoms with Crippen LogP contribution in [0, 0.1) is 12.8 Å². The summed E-state index contributed by atoms with van der Waals surface area (Å²) in [7, 11) is 2.18. The molecule has 1 saturated carbocycles. The van der Waals surface area contributed by atoms with Gasteiger partial charge in [0, 0.05) is 30.7 Å². The Labute approximate surface area is 165 Å². The molecule has 5 rings (SSSR count). The van der Waals surface area contributed by atoms with Crippen molar-refractivity contribution >= 4 is 11.9 Å². The van der Waals surface area contributed by atoms with Crippen molar-refractivity contribution in [2.45, 2.75) is 57.1 Å². The maximum atomic E-state index is 12.9. The summed E-state index contributed by atoms with van der Waals surface area (Å²) in [6.45, 7) is 5.34. The molecule has 0 aromatic heterocycles. The Morgan fingerprint density at radius 2 is 2.18 bits per heavy atom. The highest BCUT2D eigenvalue weighted by Crippen LogP contribution is 2.63. The highest BCUT2D eigenvalue weighted by Gasteiger charge is 2.69. The van der Waals surface area contributed by atoms with E-state index in [1.54, 1.807) is 6.92 Å². The summed E-state index contributed by atoms with van der Waals surface area (Å²) in [6, 6.07) is 4.64. The second-order valence-electron chi connectivity index (χ2n) is 9.08. The fourth-order valence-electron chi connectivity index (χ4n) is 6.46. The first kappa shape index (κ1) is 18.0. The van der Waals surface area contributed by atoms with Crippen molar-refractivity contribution in [1.82, 2.24) is 0 Å². The summed E-state index contributed by atoms with van der Waals surface area (Å²) in [4.78, 5) is 24.7. The number of rotatable bonds is 3. The molecule has 1 aromatic carbocycles. The molecule has 2 heterocycles. The van der Waals surface area contributed by atoms with Crippen LogP contribution in [0.4, 0.5) is 4.79 Å². The van der Waals surface area contributed by atoms with Gasteiger partial charge in [-0.3, -0.25) is 9.28 Å². The molecule has 0 N–H and O–H groups in total. The zero-order valence-corrected chi connectivity index (χ0v) is 16.8. The van der Waals surface area contributed by atoms with E-state index in [2.05, 4.69) is 26.1 Å². The predicted molar refractivity (Wildman–Crippen MR) is 101 cm³/mol. The van der Waals surface area contributed by atoms with Gasteiger partial charge in [-0.2, -0.15) is 0 Å². The molecular formula is C22H28NO5+. The average molecular weight is 386 g/mol. The van der Waals surface area contributed by atoms with Crippen LogP contribution in [0.3, 0.4) is 0 Å². The third kappa shape index (κ3) is 2.18. The second kappa shape index (κ2) is 5.96. The van der Waals surface area contributed by atoms with Crippen molar-refractivity contribution in [3.8, 4) is 5.75 Å². The molecule has 6 nitrogen and oxygen atoms in total. The largest absolute Gasteiger partial charge is 0.512 e. The quantitative estimate of drug-likeness (QED) is 0.591. The molecule has 1 spiro atoms. The van der Waals surface area contributed by atoms with Crippen molar-refractivity contribution in [3.63, 3.8) is 0 Å². The van der Waals surface area contributed by atoms with Crippen LogP contribution in [0.2, 0.25) is 0 Å². The minimum Gasteiger partial charge on any atom is -0.481 e. The SMILES string of the molecule is CCOC(=O)OC[N@+]1(C)CC[C@]23c4c5ccc(C)c4O[C@H]2C(=O)CC[C@H]3C1C5. The molecule has 6 heteroatoms. The normalized spacial score (nSPS) is 37.1. The number of likely N-dealkylation sites (N-methyl/N-ethyl adjacent to an activating group) is 1. The lowest BCUT2D eigenvalue weighted by atomic mass is 9.51. The Kier molecular flexibility index (Phi) is 3.83. The third-order valence-electron chi connectivity index (χ3n) is 7.74. The van der Waals surface area contributed by atoms with Crippen LogP contribution in [-0.4, -0.2) is 55.5 Å². The van der Waals surface area contributed by atoms with Crippen molar-refractivity contribution in [3.05, 3.63) is 28.8 Å². The zero-order valence-electron chi connectivity index (χ0n) is 16.8. The maximum absolute atomic E-state index is 12.9. The van der Waals surface area contributed by atoms with Crippen molar-refractivity contribution in [2.75, 3.05) is 26.9 Å². The van der Waals surface area contributed by atoms with Gasteiger partial charge in [0.1, 0.15) is 5.75 Å². The number of hydrogen-bond donors (Lipinski definition) is 0. The molecule has 0 amide bonds. The number of carbonyl (C=O) groups excluding carboxylic acids is 2. The van der Waals surface area contributed by atoms with Gasteiger partial charge < -0.3 is 14.2 Å². The summed E-state index contributed by atoms with van der Waals surface area (Å²) in [5.74, 6) is 1.58. The molecule has 1 unspecified atom stereocenters. The summed E-state index contributed by atoms with van der Waals surface area (Å²) in [5.41, 5.74) is 3.54. The molecule has 2 bridgehead atoms. The maximum Gasteiger partial charge on any atom is 0.512 e. The minimum absolute atomic E-state index is 0.198. The standard InChI is InChI=1S/C22H28NO5/c1-4-26-21(25)27-12-23(3)10-9-22-15-7-8-17(24)20(22)28-19-13(2)5-6-14(18(19)22)11-16(15)23/h5-6,15-16,20H,4,7-12H2,1-3H3/q+1/t15-,16?,20-,22-,23-/m0/s1. The molecule has 2 aliphatic carbocycles. The average Bonchev–Trinajstić information content (AvgIpc) is 3.03. The highest BCUT2D eigenvalue weighted by molar-refractivity contribution is 5.88. The van der Waals surface area contributed by atoms with Gasteiger partial charge in [0.15, 0.2) is 11.9 Å². The van der Waals surface area contributed by atoms with E-state index in [0.717, 1.165) is 37.1 Å². The van der Waals surface area contributed by atoms with Crippen LogP contribution < -0.4 is 4.74 Å². The van der Waals surface area contributed by atoms with Gasteiger partial charge >= 0.3 is 6.16 Å². The van der Waals surface area contributed by atoms with Gasteiger partial charge in [0.25, 0.3) is 0 Å². The van der Waals surface area contributed by atoms with Crippen molar-refractivity contribution < 1.29 is 28.3 Å². The third-order valence-corrected chi connectivity index (χ3v) is 7.74. The van der Waals surface area contributed by atoms with E-state index in [4.69, 9.17) is 14.2 Å². The van der Waals surface area contributed by atoms with E-state index in [1.807, 2.05) is 0 Å². The van der Waals surface area contributed by atoms with Crippen LogP contribution in [0.15, 0.2) is 12.1 Å². The monoisotopic (exact) mass is 386 g/mol. The van der Waals surface area contributed by atoms with E-state index >= 15 is 0 Å². The van der Waals surface area contributed by atoms with E-state index in [-0.39, 0.29) is 17.3 Å². The number of quaternary nitrogens is 1. The van der Waals surface area contributed by atoms with E-state index in [9.17, 15) is 9.59 Å². The topological polar surface area (TPSA) is 61.8 Å². The number of nitrogens with zero attached hydrogens (tertiary/aromatic N) is 1. The fraction of sp³-hybridized carbons (Fsp3) is 0.636. The Morgan fingerprint density at radius 3 is 2.96 bits per heavy atom. The number of benzene rings is 1. The molecular weight excluding hydrogens is 358 g/mol. The number of piperidine rings is 1. The number of aryl methyl sites for hydroxylation is 1. The first-order chi connectivity index (χ1) is 13.4. The first-order valence-electron chi connectivity index (χ1n) is 10.4. The molecule has 28 heavy (non-hydrogen) atoms. The smallest absolute Gasteiger partial charge is 0.481 e. The lowest BCUT2D eigenvalue weighted by Crippen LogP contribution is -2.72. The molecule has 1 saturated heterocycles. The molecule has 0 radical (unpaired) electrons. The number of hydrogen-bond acceptors (Lipinski definition) is 5. The number of ketones is 1. The molecule has 5 atom stereocenters. The first-order valence-corrected chi connectivity index (χ1v) is 10.4. The van der Waals surface area contributed by atoms with Gasteiger partial charge in [0.05, 0.1) is 31.7 Å². The Morgan fingerprint density at radius 1 is 1.36 bits per heavy atom. The number of ether oxygens (including phenoxy) is 3. The summed E-state index contributed by atoms with van der Waals surface area (Å²) < 4.78 is 17.5. The highest BCUT2D eigenvalue weighted by atomic mass is 16.7. The number of Topliss-reactive ketones (excluding diaryl/α,β-unsaturated/α-hetero) is 1. The molecule has 4 aliphatic rings. The van der Waals surface area contributed by atoms with Gasteiger partial charge in [-0.15, -0.1) is 0 Å². The second-order valence-corrected chi connectivity index (χ2v) is 9.08. The van der Waals surface area contributed by atoms with Crippen LogP contribution in [0.5, 0.6) is 5.75 Å². The van der Waals surface area contributed by atoms with E-state index < -0.39 is 6.16 Å². The lowest BCUT2D eigenvalue weighted by Gasteiger charge is -2.59. The molecule has 2 fully saturated rings. The Hall–Kier alpha value is -2.08. The molecule has 2 aliphatic heterocycles. The molecule has 150 valence electrons. The number of likely N-dealkylation sites (tertiary alicyclic amines) is 1. The summed E-state index contributed by atoms with van der Waals surface area (Å²) >= 11 is 0. The van der Waals surface area contributed by atoms with Gasteiger partial charge in [-0.05, 0) is 31.4 Å². The Bertz CT molecular complexity index is 867. The zero-order chi connectivity index (χ0) is 19.7. The fourth-order valence-corrected chi connectivity index (χ4v) is 6.46.